The number of benzene rings is 1. The Kier molecular flexibility index (Phi) is 6.46. The highest BCUT2D eigenvalue weighted by molar-refractivity contribution is 5.98. The van der Waals surface area contributed by atoms with Crippen molar-refractivity contribution in [1.82, 2.24) is 5.32 Å². The standard InChI is InChI=1S/C14H19NO7/c1-19-9-6-5-8(11(21-3)12(9)22-4)13(16)15-7-10(20-2)14(17)18/h5-6,10H,7H2,1-4H3,(H,15,16)(H,17,18). The van der Waals surface area contributed by atoms with Gasteiger partial charge in [-0.05, 0) is 12.1 Å². The maximum atomic E-state index is 12.2. The Morgan fingerprint density at radius 3 is 2.18 bits per heavy atom. The molecule has 0 bridgehead atoms. The van der Waals surface area contributed by atoms with Gasteiger partial charge in [0.2, 0.25) is 5.75 Å². The molecule has 0 saturated heterocycles. The maximum Gasteiger partial charge on any atom is 0.334 e. The minimum atomic E-state index is -1.16. The molecule has 22 heavy (non-hydrogen) atoms. The fourth-order valence-electron chi connectivity index (χ4n) is 1.83. The smallest absolute Gasteiger partial charge is 0.334 e. The van der Waals surface area contributed by atoms with Gasteiger partial charge in [-0.3, -0.25) is 4.79 Å². The number of methoxy groups -OCH3 is 4. The van der Waals surface area contributed by atoms with E-state index in [4.69, 9.17) is 24.1 Å². The molecule has 0 saturated carbocycles. The molecule has 0 fully saturated rings. The number of ether oxygens (including phenoxy) is 4. The number of aliphatic carboxylic acids is 1. The maximum absolute atomic E-state index is 12.2. The Balaban J connectivity index is 3.00. The number of hydrogen-bond donors (Lipinski definition) is 2. The molecule has 1 aromatic carbocycles. The van der Waals surface area contributed by atoms with Gasteiger partial charge in [0.25, 0.3) is 5.91 Å². The number of hydrogen-bond acceptors (Lipinski definition) is 6. The van der Waals surface area contributed by atoms with Gasteiger partial charge in [0.15, 0.2) is 17.6 Å². The van der Waals surface area contributed by atoms with E-state index >= 15 is 0 Å². The van der Waals surface area contributed by atoms with Crippen LogP contribution in [-0.4, -0.2) is 58.1 Å². The molecule has 0 aliphatic carbocycles. The van der Waals surface area contributed by atoms with Crippen LogP contribution in [0, 0.1) is 0 Å². The van der Waals surface area contributed by atoms with Gasteiger partial charge >= 0.3 is 5.97 Å². The summed E-state index contributed by atoms with van der Waals surface area (Å²) in [5.74, 6) is -0.790. The SMILES string of the molecule is COc1ccc(C(=O)NCC(OC)C(=O)O)c(OC)c1OC. The first-order chi connectivity index (χ1) is 10.5. The average Bonchev–Trinajstić information content (AvgIpc) is 2.52. The fourth-order valence-corrected chi connectivity index (χ4v) is 1.83. The van der Waals surface area contributed by atoms with Gasteiger partial charge in [0, 0.05) is 7.11 Å². The summed E-state index contributed by atoms with van der Waals surface area (Å²) in [4.78, 5) is 23.0. The third kappa shape index (κ3) is 3.79. The minimum Gasteiger partial charge on any atom is -0.493 e. The largest absolute Gasteiger partial charge is 0.493 e. The van der Waals surface area contributed by atoms with E-state index in [1.807, 2.05) is 0 Å². The Morgan fingerprint density at radius 1 is 1.09 bits per heavy atom. The molecule has 1 unspecified atom stereocenters. The Hall–Kier alpha value is -2.48. The first-order valence-electron chi connectivity index (χ1n) is 6.32. The number of carbonyl (C=O) groups is 2. The highest BCUT2D eigenvalue weighted by Crippen LogP contribution is 2.39. The predicted octanol–water partition coefficient (Wildman–Crippen LogP) is 0.542. The van der Waals surface area contributed by atoms with Crippen LogP contribution in [0.4, 0.5) is 0 Å². The van der Waals surface area contributed by atoms with Crippen molar-refractivity contribution in [2.45, 2.75) is 6.10 Å². The van der Waals surface area contributed by atoms with Gasteiger partial charge in [0.05, 0.1) is 33.4 Å². The van der Waals surface area contributed by atoms with E-state index in [1.165, 1.54) is 34.5 Å². The third-order valence-electron chi connectivity index (χ3n) is 2.96. The lowest BCUT2D eigenvalue weighted by Crippen LogP contribution is -2.37. The van der Waals surface area contributed by atoms with Crippen molar-refractivity contribution < 1.29 is 33.6 Å². The molecular weight excluding hydrogens is 294 g/mol. The normalized spacial score (nSPS) is 11.5. The molecule has 1 amide bonds. The summed E-state index contributed by atoms with van der Waals surface area (Å²) in [6.45, 7) is -0.178. The lowest BCUT2D eigenvalue weighted by Gasteiger charge is -2.16. The molecule has 0 spiro atoms. The number of carbonyl (C=O) groups excluding carboxylic acids is 1. The van der Waals surface area contributed by atoms with Crippen molar-refractivity contribution in [3.63, 3.8) is 0 Å². The van der Waals surface area contributed by atoms with Crippen LogP contribution < -0.4 is 19.5 Å². The number of amides is 1. The van der Waals surface area contributed by atoms with Gasteiger partial charge in [-0.25, -0.2) is 4.79 Å². The van der Waals surface area contributed by atoms with Crippen LogP contribution in [0.2, 0.25) is 0 Å². The van der Waals surface area contributed by atoms with Crippen molar-refractivity contribution >= 4 is 11.9 Å². The van der Waals surface area contributed by atoms with Gasteiger partial charge in [0.1, 0.15) is 0 Å². The third-order valence-corrected chi connectivity index (χ3v) is 2.96. The molecule has 1 aromatic rings. The van der Waals surface area contributed by atoms with Gasteiger partial charge < -0.3 is 29.4 Å². The minimum absolute atomic E-state index is 0.178. The molecule has 8 nitrogen and oxygen atoms in total. The summed E-state index contributed by atoms with van der Waals surface area (Å²) in [5.41, 5.74) is 0.195. The summed E-state index contributed by atoms with van der Waals surface area (Å²) >= 11 is 0. The van der Waals surface area contributed by atoms with Crippen molar-refractivity contribution in [2.75, 3.05) is 35.0 Å². The second kappa shape index (κ2) is 8.08. The van der Waals surface area contributed by atoms with Crippen LogP contribution in [0.15, 0.2) is 12.1 Å². The summed E-state index contributed by atoms with van der Waals surface area (Å²) in [5, 5.41) is 11.3. The van der Waals surface area contributed by atoms with Crippen LogP contribution in [-0.2, 0) is 9.53 Å². The first kappa shape index (κ1) is 17.6. The highest BCUT2D eigenvalue weighted by Gasteiger charge is 2.22. The van der Waals surface area contributed by atoms with Crippen molar-refractivity contribution in [3.8, 4) is 17.2 Å². The predicted molar refractivity (Wildman–Crippen MR) is 76.9 cm³/mol. The van der Waals surface area contributed by atoms with Crippen LogP contribution in [0.5, 0.6) is 17.2 Å². The zero-order valence-corrected chi connectivity index (χ0v) is 12.8. The average molecular weight is 313 g/mol. The number of nitrogens with one attached hydrogen (secondary N) is 1. The lowest BCUT2D eigenvalue weighted by molar-refractivity contribution is -0.148. The highest BCUT2D eigenvalue weighted by atomic mass is 16.5. The molecule has 0 heterocycles. The molecule has 0 aliphatic rings. The second-order valence-corrected chi connectivity index (χ2v) is 4.15. The van der Waals surface area contributed by atoms with E-state index < -0.39 is 18.0 Å². The zero-order valence-electron chi connectivity index (χ0n) is 12.8. The topological polar surface area (TPSA) is 103 Å². The molecule has 0 aromatic heterocycles. The summed E-state index contributed by atoms with van der Waals surface area (Å²) in [7, 11) is 5.53. The Morgan fingerprint density at radius 2 is 1.73 bits per heavy atom. The first-order valence-corrected chi connectivity index (χ1v) is 6.32. The molecule has 2 N–H and O–H groups in total. The molecule has 8 heteroatoms. The number of carboxylic acid groups (broad SMARTS) is 1. The van der Waals surface area contributed by atoms with E-state index in [9.17, 15) is 9.59 Å². The van der Waals surface area contributed by atoms with Crippen LogP contribution in [0.3, 0.4) is 0 Å². The summed E-state index contributed by atoms with van der Waals surface area (Å²) < 4.78 is 20.3. The zero-order chi connectivity index (χ0) is 16.7. The fraction of sp³-hybridized carbons (Fsp3) is 0.429. The van der Waals surface area contributed by atoms with E-state index in [0.717, 1.165) is 0 Å². The van der Waals surface area contributed by atoms with E-state index in [2.05, 4.69) is 5.32 Å². The number of carboxylic acids is 1. The number of rotatable bonds is 8. The van der Waals surface area contributed by atoms with Crippen LogP contribution >= 0.6 is 0 Å². The second-order valence-electron chi connectivity index (χ2n) is 4.15. The van der Waals surface area contributed by atoms with E-state index in [1.54, 1.807) is 6.07 Å². The van der Waals surface area contributed by atoms with Crippen molar-refractivity contribution in [2.24, 2.45) is 0 Å². The lowest BCUT2D eigenvalue weighted by atomic mass is 10.1. The molecule has 122 valence electrons. The molecule has 1 atom stereocenters. The van der Waals surface area contributed by atoms with Gasteiger partial charge in [-0.15, -0.1) is 0 Å². The van der Waals surface area contributed by atoms with Crippen molar-refractivity contribution in [1.29, 1.82) is 0 Å². The van der Waals surface area contributed by atoms with E-state index in [0.29, 0.717) is 5.75 Å². The van der Waals surface area contributed by atoms with Crippen LogP contribution in [0.25, 0.3) is 0 Å². The van der Waals surface area contributed by atoms with Gasteiger partial charge in [-0.1, -0.05) is 0 Å². The monoisotopic (exact) mass is 313 g/mol. The van der Waals surface area contributed by atoms with Crippen LogP contribution in [0.1, 0.15) is 10.4 Å². The van der Waals surface area contributed by atoms with Gasteiger partial charge in [-0.2, -0.15) is 0 Å². The summed E-state index contributed by atoms with van der Waals surface area (Å²) in [6, 6.07) is 3.05. The van der Waals surface area contributed by atoms with Crippen molar-refractivity contribution in [3.05, 3.63) is 17.7 Å². The molecular formula is C14H19NO7. The molecule has 1 rings (SSSR count). The Bertz CT molecular complexity index is 544. The van der Waals surface area contributed by atoms with E-state index in [-0.39, 0.29) is 23.6 Å². The Labute approximate surface area is 127 Å². The summed E-state index contributed by atoms with van der Waals surface area (Å²) in [6.07, 6.45) is -1.13. The molecule has 0 aliphatic heterocycles. The quantitative estimate of drug-likeness (QED) is 0.722. The molecule has 0 radical (unpaired) electrons.